The fourth-order valence-electron chi connectivity index (χ4n) is 3.38. The van der Waals surface area contributed by atoms with Crippen molar-refractivity contribution in [2.75, 3.05) is 6.54 Å². The lowest BCUT2D eigenvalue weighted by Gasteiger charge is -2.38. The highest BCUT2D eigenvalue weighted by atomic mass is 16.3. The maximum absolute atomic E-state index is 10.0. The zero-order valence-corrected chi connectivity index (χ0v) is 9.91. The van der Waals surface area contributed by atoms with E-state index in [1.165, 1.54) is 45.1 Å². The van der Waals surface area contributed by atoms with Gasteiger partial charge in [0.25, 0.3) is 0 Å². The molecule has 1 aliphatic carbocycles. The van der Waals surface area contributed by atoms with Crippen molar-refractivity contribution in [3.8, 4) is 0 Å². The van der Waals surface area contributed by atoms with Crippen LogP contribution in [0, 0.1) is 11.8 Å². The smallest absolute Gasteiger partial charge is 0.0571 e. The molecule has 2 heteroatoms. The van der Waals surface area contributed by atoms with Gasteiger partial charge < -0.3 is 10.4 Å². The summed E-state index contributed by atoms with van der Waals surface area (Å²) >= 11 is 0. The van der Waals surface area contributed by atoms with Crippen LogP contribution in [0.15, 0.2) is 0 Å². The normalized spacial score (nSPS) is 40.0. The molecule has 1 saturated heterocycles. The van der Waals surface area contributed by atoms with E-state index < -0.39 is 0 Å². The van der Waals surface area contributed by atoms with Crippen LogP contribution in [-0.4, -0.2) is 23.8 Å². The van der Waals surface area contributed by atoms with Gasteiger partial charge in [-0.3, -0.25) is 0 Å². The van der Waals surface area contributed by atoms with Gasteiger partial charge in [-0.25, -0.2) is 0 Å². The van der Waals surface area contributed by atoms with Gasteiger partial charge in [0.1, 0.15) is 0 Å². The molecular formula is C13H25NO. The van der Waals surface area contributed by atoms with Gasteiger partial charge >= 0.3 is 0 Å². The van der Waals surface area contributed by atoms with Gasteiger partial charge in [-0.1, -0.05) is 26.2 Å². The lowest BCUT2D eigenvalue weighted by molar-refractivity contribution is 0.0274. The van der Waals surface area contributed by atoms with Gasteiger partial charge in [-0.15, -0.1) is 0 Å². The summed E-state index contributed by atoms with van der Waals surface area (Å²) in [5.41, 5.74) is 0. The van der Waals surface area contributed by atoms with E-state index in [1.54, 1.807) is 0 Å². The summed E-state index contributed by atoms with van der Waals surface area (Å²) in [5.74, 6) is 1.20. The molecule has 0 aromatic heterocycles. The third-order valence-electron chi connectivity index (χ3n) is 4.44. The van der Waals surface area contributed by atoms with E-state index in [0.717, 1.165) is 6.42 Å². The standard InChI is InChI=1S/C13H25NO/c1-10(12-7-4-5-9-14-12)11-6-2-3-8-13(11)15/h10-15H,2-9H2,1H3/t10-,11-,12+,13+/m0/s1. The van der Waals surface area contributed by atoms with Crippen molar-refractivity contribution in [1.82, 2.24) is 5.32 Å². The first-order valence-corrected chi connectivity index (χ1v) is 6.70. The van der Waals surface area contributed by atoms with Crippen LogP contribution < -0.4 is 5.32 Å². The first-order valence-electron chi connectivity index (χ1n) is 6.70. The van der Waals surface area contributed by atoms with Gasteiger partial charge in [0.05, 0.1) is 6.10 Å². The molecule has 2 N–H and O–H groups in total. The Labute approximate surface area is 93.5 Å². The second-order valence-corrected chi connectivity index (χ2v) is 5.43. The van der Waals surface area contributed by atoms with E-state index >= 15 is 0 Å². The first-order chi connectivity index (χ1) is 7.29. The number of hydrogen-bond acceptors (Lipinski definition) is 2. The quantitative estimate of drug-likeness (QED) is 0.734. The van der Waals surface area contributed by atoms with E-state index in [4.69, 9.17) is 0 Å². The zero-order valence-electron chi connectivity index (χ0n) is 9.91. The molecule has 2 nitrogen and oxygen atoms in total. The maximum atomic E-state index is 10.0. The fourth-order valence-corrected chi connectivity index (χ4v) is 3.38. The molecule has 0 aromatic carbocycles. The molecule has 2 fully saturated rings. The number of aliphatic hydroxyl groups is 1. The predicted molar refractivity (Wildman–Crippen MR) is 62.8 cm³/mol. The average Bonchev–Trinajstić information content (AvgIpc) is 2.30. The highest BCUT2D eigenvalue weighted by Crippen LogP contribution is 2.33. The van der Waals surface area contributed by atoms with Crippen LogP contribution in [0.3, 0.4) is 0 Å². The van der Waals surface area contributed by atoms with E-state index in [2.05, 4.69) is 12.2 Å². The SMILES string of the molecule is C[C@@H]([C@@H]1CCCC[C@H]1O)[C@H]1CCCCN1. The van der Waals surface area contributed by atoms with Gasteiger partial charge in [0, 0.05) is 6.04 Å². The molecule has 0 aromatic rings. The topological polar surface area (TPSA) is 32.3 Å². The highest BCUT2D eigenvalue weighted by Gasteiger charge is 2.32. The molecule has 0 bridgehead atoms. The Balaban J connectivity index is 1.89. The molecule has 88 valence electrons. The number of aliphatic hydroxyl groups excluding tert-OH is 1. The van der Waals surface area contributed by atoms with Crippen molar-refractivity contribution in [2.24, 2.45) is 11.8 Å². The molecule has 2 aliphatic rings. The summed E-state index contributed by atoms with van der Waals surface area (Å²) in [7, 11) is 0. The van der Waals surface area contributed by atoms with Gasteiger partial charge in [0.15, 0.2) is 0 Å². The van der Waals surface area contributed by atoms with Crippen molar-refractivity contribution in [2.45, 2.75) is 64.0 Å². The van der Waals surface area contributed by atoms with Crippen molar-refractivity contribution in [1.29, 1.82) is 0 Å². The zero-order chi connectivity index (χ0) is 10.7. The van der Waals surface area contributed by atoms with E-state index in [1.807, 2.05) is 0 Å². The number of hydrogen-bond donors (Lipinski definition) is 2. The third-order valence-corrected chi connectivity index (χ3v) is 4.44. The summed E-state index contributed by atoms with van der Waals surface area (Å²) in [4.78, 5) is 0. The van der Waals surface area contributed by atoms with Crippen LogP contribution in [0.5, 0.6) is 0 Å². The van der Waals surface area contributed by atoms with Crippen LogP contribution in [0.4, 0.5) is 0 Å². The Bertz CT molecular complexity index is 189. The molecule has 1 aliphatic heterocycles. The highest BCUT2D eigenvalue weighted by molar-refractivity contribution is 4.86. The molecule has 0 amide bonds. The van der Waals surface area contributed by atoms with Crippen molar-refractivity contribution in [3.05, 3.63) is 0 Å². The van der Waals surface area contributed by atoms with Crippen molar-refractivity contribution < 1.29 is 5.11 Å². The lowest BCUT2D eigenvalue weighted by atomic mass is 9.74. The Morgan fingerprint density at radius 3 is 2.47 bits per heavy atom. The van der Waals surface area contributed by atoms with Gasteiger partial charge in [-0.05, 0) is 44.1 Å². The lowest BCUT2D eigenvalue weighted by Crippen LogP contribution is -2.45. The van der Waals surface area contributed by atoms with Crippen LogP contribution in [-0.2, 0) is 0 Å². The van der Waals surface area contributed by atoms with Crippen LogP contribution in [0.1, 0.15) is 51.9 Å². The second kappa shape index (κ2) is 5.31. The molecule has 0 spiro atoms. The number of piperidine rings is 1. The Hall–Kier alpha value is -0.0800. The summed E-state index contributed by atoms with van der Waals surface area (Å²) in [6.45, 7) is 3.51. The molecule has 1 heterocycles. The van der Waals surface area contributed by atoms with E-state index in [0.29, 0.717) is 17.9 Å². The average molecular weight is 211 g/mol. The van der Waals surface area contributed by atoms with E-state index in [-0.39, 0.29) is 6.10 Å². The second-order valence-electron chi connectivity index (χ2n) is 5.43. The monoisotopic (exact) mass is 211 g/mol. The molecule has 4 atom stereocenters. The Kier molecular flexibility index (Phi) is 4.04. The summed E-state index contributed by atoms with van der Waals surface area (Å²) < 4.78 is 0. The molecule has 15 heavy (non-hydrogen) atoms. The Morgan fingerprint density at radius 2 is 1.80 bits per heavy atom. The first kappa shape index (κ1) is 11.4. The summed E-state index contributed by atoms with van der Waals surface area (Å²) in [6.07, 6.45) is 8.78. The number of rotatable bonds is 2. The molecular weight excluding hydrogens is 186 g/mol. The van der Waals surface area contributed by atoms with Gasteiger partial charge in [-0.2, -0.15) is 0 Å². The fraction of sp³-hybridized carbons (Fsp3) is 1.00. The molecule has 0 radical (unpaired) electrons. The Morgan fingerprint density at radius 1 is 1.07 bits per heavy atom. The minimum Gasteiger partial charge on any atom is -0.393 e. The van der Waals surface area contributed by atoms with Crippen molar-refractivity contribution >= 4 is 0 Å². The molecule has 2 rings (SSSR count). The maximum Gasteiger partial charge on any atom is 0.0571 e. The van der Waals surface area contributed by atoms with Gasteiger partial charge in [0.2, 0.25) is 0 Å². The van der Waals surface area contributed by atoms with Crippen LogP contribution >= 0.6 is 0 Å². The van der Waals surface area contributed by atoms with E-state index in [9.17, 15) is 5.11 Å². The summed E-state index contributed by atoms with van der Waals surface area (Å²) in [6, 6.07) is 0.663. The minimum absolute atomic E-state index is 0.0301. The predicted octanol–water partition coefficient (Wildman–Crippen LogP) is 2.32. The molecule has 0 unspecified atom stereocenters. The molecule has 1 saturated carbocycles. The minimum atomic E-state index is -0.0301. The van der Waals surface area contributed by atoms with Crippen LogP contribution in [0.25, 0.3) is 0 Å². The van der Waals surface area contributed by atoms with Crippen molar-refractivity contribution in [3.63, 3.8) is 0 Å². The van der Waals surface area contributed by atoms with Crippen LogP contribution in [0.2, 0.25) is 0 Å². The summed E-state index contributed by atoms with van der Waals surface area (Å²) in [5, 5.41) is 13.7. The number of nitrogens with one attached hydrogen (secondary N) is 1. The third kappa shape index (κ3) is 2.73. The largest absolute Gasteiger partial charge is 0.393 e.